The zero-order valence-electron chi connectivity index (χ0n) is 20.0. The molecule has 0 fully saturated rings. The molecule has 4 aromatic rings. The minimum atomic E-state index is 0.131. The third kappa shape index (κ3) is 7.12. The molecule has 2 aromatic carbocycles. The molecule has 0 unspecified atom stereocenters. The third-order valence-electron chi connectivity index (χ3n) is 6.10. The number of para-hydroxylation sites is 2. The van der Waals surface area contributed by atoms with E-state index in [1.54, 1.807) is 12.1 Å². The van der Waals surface area contributed by atoms with Gasteiger partial charge in [0.05, 0.1) is 11.4 Å². The molecule has 0 saturated heterocycles. The molecule has 1 atom stereocenters. The monoisotopic (exact) mass is 468 g/mol. The summed E-state index contributed by atoms with van der Waals surface area (Å²) in [7, 11) is 0. The van der Waals surface area contributed by atoms with E-state index in [-0.39, 0.29) is 6.04 Å². The normalized spacial score (nSPS) is 12.2. The molecule has 0 amide bonds. The van der Waals surface area contributed by atoms with Gasteiger partial charge in [-0.05, 0) is 43.3 Å². The van der Waals surface area contributed by atoms with Crippen molar-refractivity contribution in [2.75, 3.05) is 6.54 Å². The Morgan fingerprint density at radius 1 is 0.629 bits per heavy atom. The van der Waals surface area contributed by atoms with Crippen molar-refractivity contribution in [1.29, 1.82) is 0 Å². The van der Waals surface area contributed by atoms with Crippen molar-refractivity contribution in [2.45, 2.75) is 39.1 Å². The molecule has 2 aromatic heterocycles. The lowest BCUT2D eigenvalue weighted by molar-refractivity contribution is 0.124. The molecule has 0 aliphatic rings. The van der Waals surface area contributed by atoms with Crippen LogP contribution in [0.2, 0.25) is 0 Å². The Bertz CT molecular complexity index is 1190. The van der Waals surface area contributed by atoms with Gasteiger partial charge in [-0.25, -0.2) is 0 Å². The van der Waals surface area contributed by atoms with Crippen molar-refractivity contribution >= 4 is 0 Å². The summed E-state index contributed by atoms with van der Waals surface area (Å²) in [4.78, 5) is 13.7. The summed E-state index contributed by atoms with van der Waals surface area (Å²) in [6.45, 7) is 5.45. The van der Waals surface area contributed by atoms with Crippen molar-refractivity contribution < 1.29 is 10.2 Å². The molecular formula is C29H32N4O2. The highest BCUT2D eigenvalue weighted by Gasteiger charge is 2.21. The zero-order chi connectivity index (χ0) is 24.5. The Morgan fingerprint density at radius 2 is 1.14 bits per heavy atom. The highest BCUT2D eigenvalue weighted by molar-refractivity contribution is 5.32. The fraction of sp³-hybridized carbons (Fsp3) is 0.241. The third-order valence-corrected chi connectivity index (χ3v) is 6.10. The molecule has 0 aliphatic carbocycles. The standard InChI is InChI=1S/C29H32N4O2/c1-23(33(22-27-13-7-9-17-31-27)20-25-11-3-5-15-29(25)35)18-32(21-26-12-6-8-16-30-26)19-24-10-2-4-14-28(24)34/h2-17,23,34-35H,18-22H2,1H3/t23-/m0/s1. The lowest BCUT2D eigenvalue weighted by Crippen LogP contribution is -2.41. The van der Waals surface area contributed by atoms with E-state index < -0.39 is 0 Å². The molecule has 2 N–H and O–H groups in total. The molecule has 2 heterocycles. The second kappa shape index (κ2) is 12.1. The van der Waals surface area contributed by atoms with E-state index in [2.05, 4.69) is 26.7 Å². The second-order valence-corrected chi connectivity index (χ2v) is 8.82. The Balaban J connectivity index is 1.57. The molecule has 0 aliphatic heterocycles. The molecule has 0 bridgehead atoms. The Morgan fingerprint density at radius 3 is 1.69 bits per heavy atom. The van der Waals surface area contributed by atoms with Crippen molar-refractivity contribution in [3.8, 4) is 11.5 Å². The van der Waals surface area contributed by atoms with Gasteiger partial charge in [0, 0.05) is 62.3 Å². The van der Waals surface area contributed by atoms with E-state index in [4.69, 9.17) is 0 Å². The molecule has 35 heavy (non-hydrogen) atoms. The quantitative estimate of drug-likeness (QED) is 0.323. The average Bonchev–Trinajstić information content (AvgIpc) is 2.87. The van der Waals surface area contributed by atoms with Crippen molar-refractivity contribution in [3.05, 3.63) is 120 Å². The van der Waals surface area contributed by atoms with Gasteiger partial charge in [-0.2, -0.15) is 0 Å². The number of phenols is 2. The van der Waals surface area contributed by atoms with Gasteiger partial charge in [0.25, 0.3) is 0 Å². The van der Waals surface area contributed by atoms with Crippen molar-refractivity contribution in [3.63, 3.8) is 0 Å². The zero-order valence-corrected chi connectivity index (χ0v) is 20.0. The van der Waals surface area contributed by atoms with Gasteiger partial charge in [-0.1, -0.05) is 48.5 Å². The number of benzene rings is 2. The number of aromatic nitrogens is 2. The number of aromatic hydroxyl groups is 2. The topological polar surface area (TPSA) is 72.7 Å². The fourth-order valence-electron chi connectivity index (χ4n) is 4.21. The van der Waals surface area contributed by atoms with Crippen LogP contribution in [0.25, 0.3) is 0 Å². The predicted molar refractivity (Wildman–Crippen MR) is 138 cm³/mol. The number of hydrogen-bond acceptors (Lipinski definition) is 6. The van der Waals surface area contributed by atoms with Gasteiger partial charge in [0.1, 0.15) is 11.5 Å². The van der Waals surface area contributed by atoms with Crippen LogP contribution in [-0.2, 0) is 26.2 Å². The summed E-state index contributed by atoms with van der Waals surface area (Å²) < 4.78 is 0. The van der Waals surface area contributed by atoms with Crippen LogP contribution in [0.3, 0.4) is 0 Å². The number of pyridine rings is 2. The Labute approximate surface area is 207 Å². The van der Waals surface area contributed by atoms with Gasteiger partial charge >= 0.3 is 0 Å². The van der Waals surface area contributed by atoms with Crippen LogP contribution in [0.4, 0.5) is 0 Å². The van der Waals surface area contributed by atoms with Crippen molar-refractivity contribution in [2.24, 2.45) is 0 Å². The highest BCUT2D eigenvalue weighted by Crippen LogP contribution is 2.23. The number of phenolic OH excluding ortho intramolecular Hbond substituents is 2. The first kappa shape index (κ1) is 24.4. The first-order chi connectivity index (χ1) is 17.1. The lowest BCUT2D eigenvalue weighted by Gasteiger charge is -2.33. The number of rotatable bonds is 11. The Kier molecular flexibility index (Phi) is 8.44. The molecule has 0 radical (unpaired) electrons. The minimum absolute atomic E-state index is 0.131. The molecule has 0 saturated carbocycles. The summed E-state index contributed by atoms with van der Waals surface area (Å²) >= 11 is 0. The summed E-state index contributed by atoms with van der Waals surface area (Å²) in [6, 6.07) is 27.0. The molecular weight excluding hydrogens is 436 g/mol. The minimum Gasteiger partial charge on any atom is -0.508 e. The van der Waals surface area contributed by atoms with E-state index in [1.165, 1.54) is 0 Å². The summed E-state index contributed by atoms with van der Waals surface area (Å²) in [5.41, 5.74) is 3.72. The fourth-order valence-corrected chi connectivity index (χ4v) is 4.21. The second-order valence-electron chi connectivity index (χ2n) is 8.82. The average molecular weight is 469 g/mol. The van der Waals surface area contributed by atoms with Gasteiger partial charge in [0.2, 0.25) is 0 Å². The van der Waals surface area contributed by atoms with Crippen LogP contribution in [0, 0.1) is 0 Å². The maximum absolute atomic E-state index is 10.4. The first-order valence-electron chi connectivity index (χ1n) is 11.9. The molecule has 4 rings (SSSR count). The van der Waals surface area contributed by atoms with Gasteiger partial charge < -0.3 is 10.2 Å². The van der Waals surface area contributed by atoms with E-state index in [0.717, 1.165) is 29.1 Å². The first-order valence-corrected chi connectivity index (χ1v) is 11.9. The maximum Gasteiger partial charge on any atom is 0.120 e. The van der Waals surface area contributed by atoms with E-state index in [1.807, 2.05) is 85.2 Å². The maximum atomic E-state index is 10.4. The van der Waals surface area contributed by atoms with E-state index in [9.17, 15) is 10.2 Å². The smallest absolute Gasteiger partial charge is 0.120 e. The van der Waals surface area contributed by atoms with E-state index in [0.29, 0.717) is 37.7 Å². The lowest BCUT2D eigenvalue weighted by atomic mass is 10.1. The molecule has 6 heteroatoms. The van der Waals surface area contributed by atoms with Gasteiger partial charge in [0.15, 0.2) is 0 Å². The Hall–Kier alpha value is -3.74. The van der Waals surface area contributed by atoms with Crippen LogP contribution >= 0.6 is 0 Å². The van der Waals surface area contributed by atoms with Crippen LogP contribution in [0.1, 0.15) is 29.4 Å². The summed E-state index contributed by atoms with van der Waals surface area (Å²) in [5.74, 6) is 0.594. The molecule has 6 nitrogen and oxygen atoms in total. The van der Waals surface area contributed by atoms with Crippen LogP contribution in [0.15, 0.2) is 97.3 Å². The van der Waals surface area contributed by atoms with Gasteiger partial charge in [-0.15, -0.1) is 0 Å². The number of nitrogens with zero attached hydrogens (tertiary/aromatic N) is 4. The van der Waals surface area contributed by atoms with Crippen LogP contribution in [-0.4, -0.2) is 42.6 Å². The largest absolute Gasteiger partial charge is 0.508 e. The summed E-state index contributed by atoms with van der Waals surface area (Å²) in [6.07, 6.45) is 3.62. The highest BCUT2D eigenvalue weighted by atomic mass is 16.3. The molecule has 0 spiro atoms. The van der Waals surface area contributed by atoms with Crippen LogP contribution < -0.4 is 0 Å². The summed E-state index contributed by atoms with van der Waals surface area (Å²) in [5, 5.41) is 20.8. The van der Waals surface area contributed by atoms with Crippen LogP contribution in [0.5, 0.6) is 11.5 Å². The van der Waals surface area contributed by atoms with Gasteiger partial charge in [-0.3, -0.25) is 19.8 Å². The SMILES string of the molecule is C[C@@H](CN(Cc1ccccn1)Cc1ccccc1O)N(Cc1ccccn1)Cc1ccccc1O. The molecule has 180 valence electrons. The van der Waals surface area contributed by atoms with Crippen molar-refractivity contribution in [1.82, 2.24) is 19.8 Å². The predicted octanol–water partition coefficient (Wildman–Crippen LogP) is 4.98. The number of hydrogen-bond donors (Lipinski definition) is 2. The van der Waals surface area contributed by atoms with E-state index >= 15 is 0 Å².